The van der Waals surface area contributed by atoms with Crippen molar-refractivity contribution in [2.45, 2.75) is 33.1 Å². The van der Waals surface area contributed by atoms with Crippen LogP contribution in [0.1, 0.15) is 33.1 Å². The van der Waals surface area contributed by atoms with E-state index >= 15 is 0 Å². The highest BCUT2D eigenvalue weighted by Gasteiger charge is 2.35. The van der Waals surface area contributed by atoms with E-state index in [4.69, 9.17) is 9.47 Å². The molecule has 0 aromatic rings. The average molecular weight is 241 g/mol. The van der Waals surface area contributed by atoms with Gasteiger partial charge in [0.15, 0.2) is 0 Å². The summed E-state index contributed by atoms with van der Waals surface area (Å²) in [6.45, 7) is 10.2. The Labute approximate surface area is 105 Å². The minimum Gasteiger partial charge on any atom is -0.381 e. The average Bonchev–Trinajstić information content (AvgIpc) is 2.98. The van der Waals surface area contributed by atoms with E-state index in [1.54, 1.807) is 0 Å². The Bertz CT molecular complexity index is 210. The van der Waals surface area contributed by atoms with E-state index < -0.39 is 0 Å². The lowest BCUT2D eigenvalue weighted by atomic mass is 9.88. The summed E-state index contributed by atoms with van der Waals surface area (Å²) in [5, 5.41) is 3.56. The summed E-state index contributed by atoms with van der Waals surface area (Å²) in [5.41, 5.74) is 0.240. The van der Waals surface area contributed by atoms with Crippen molar-refractivity contribution in [1.82, 2.24) is 5.32 Å². The molecule has 1 heterocycles. The van der Waals surface area contributed by atoms with E-state index in [0.717, 1.165) is 51.9 Å². The lowest BCUT2D eigenvalue weighted by Crippen LogP contribution is -2.40. The van der Waals surface area contributed by atoms with Gasteiger partial charge in [-0.15, -0.1) is 0 Å². The van der Waals surface area contributed by atoms with Gasteiger partial charge in [-0.2, -0.15) is 0 Å². The molecule has 17 heavy (non-hydrogen) atoms. The molecule has 0 bridgehead atoms. The molecule has 0 spiro atoms. The van der Waals surface area contributed by atoms with Gasteiger partial charge in [0, 0.05) is 25.2 Å². The van der Waals surface area contributed by atoms with Crippen LogP contribution in [0.2, 0.25) is 0 Å². The van der Waals surface area contributed by atoms with Crippen LogP contribution in [0.5, 0.6) is 0 Å². The third-order valence-corrected chi connectivity index (χ3v) is 3.70. The minimum atomic E-state index is 0.240. The molecule has 1 saturated carbocycles. The van der Waals surface area contributed by atoms with Crippen LogP contribution in [0.15, 0.2) is 0 Å². The summed E-state index contributed by atoms with van der Waals surface area (Å²) in [6.07, 6.45) is 3.88. The maximum absolute atomic E-state index is 5.88. The van der Waals surface area contributed by atoms with E-state index in [1.165, 1.54) is 12.8 Å². The van der Waals surface area contributed by atoms with Crippen molar-refractivity contribution in [3.05, 3.63) is 0 Å². The molecular formula is C14H27NO2. The van der Waals surface area contributed by atoms with E-state index in [1.807, 2.05) is 0 Å². The van der Waals surface area contributed by atoms with Crippen LogP contribution < -0.4 is 5.32 Å². The first-order chi connectivity index (χ1) is 8.20. The van der Waals surface area contributed by atoms with E-state index in [0.29, 0.717) is 5.92 Å². The number of rotatable bonds is 8. The molecule has 1 N–H and O–H groups in total. The molecule has 0 amide bonds. The third-order valence-electron chi connectivity index (χ3n) is 3.70. The van der Waals surface area contributed by atoms with Crippen LogP contribution in [0, 0.1) is 17.3 Å². The quantitative estimate of drug-likeness (QED) is 0.705. The molecule has 2 fully saturated rings. The molecule has 2 rings (SSSR count). The van der Waals surface area contributed by atoms with E-state index in [9.17, 15) is 0 Å². The van der Waals surface area contributed by atoms with Crippen LogP contribution in [0.3, 0.4) is 0 Å². The van der Waals surface area contributed by atoms with Crippen LogP contribution in [0.25, 0.3) is 0 Å². The second-order valence-corrected chi connectivity index (χ2v) is 6.29. The summed E-state index contributed by atoms with van der Waals surface area (Å²) in [7, 11) is 0. The zero-order valence-corrected chi connectivity index (χ0v) is 11.3. The largest absolute Gasteiger partial charge is 0.381 e. The monoisotopic (exact) mass is 241 g/mol. The van der Waals surface area contributed by atoms with Crippen LogP contribution in [-0.2, 0) is 9.47 Å². The van der Waals surface area contributed by atoms with Crippen molar-refractivity contribution in [2.75, 3.05) is 39.5 Å². The fraction of sp³-hybridized carbons (Fsp3) is 1.00. The zero-order chi connectivity index (χ0) is 12.1. The minimum absolute atomic E-state index is 0.240. The number of hydrogen-bond acceptors (Lipinski definition) is 3. The Morgan fingerprint density at radius 3 is 2.82 bits per heavy atom. The smallest absolute Gasteiger partial charge is 0.0557 e. The summed E-state index contributed by atoms with van der Waals surface area (Å²) < 4.78 is 11.5. The van der Waals surface area contributed by atoms with Gasteiger partial charge in [0.25, 0.3) is 0 Å². The predicted molar refractivity (Wildman–Crippen MR) is 69.1 cm³/mol. The molecule has 1 aliphatic heterocycles. The van der Waals surface area contributed by atoms with Gasteiger partial charge in [0.1, 0.15) is 0 Å². The second-order valence-electron chi connectivity index (χ2n) is 6.29. The van der Waals surface area contributed by atoms with Gasteiger partial charge in [-0.1, -0.05) is 13.8 Å². The maximum Gasteiger partial charge on any atom is 0.0557 e. The Morgan fingerprint density at radius 2 is 2.24 bits per heavy atom. The molecule has 1 atom stereocenters. The highest BCUT2D eigenvalue weighted by atomic mass is 16.5. The van der Waals surface area contributed by atoms with Crippen LogP contribution in [0.4, 0.5) is 0 Å². The highest BCUT2D eigenvalue weighted by molar-refractivity contribution is 4.86. The van der Waals surface area contributed by atoms with Gasteiger partial charge in [-0.05, 0) is 37.6 Å². The first kappa shape index (κ1) is 13.3. The SMILES string of the molecule is CC(C)CNCC1(COCC2CC2)CCOC1. The predicted octanol–water partition coefficient (Wildman–Crippen LogP) is 2.07. The molecule has 0 aromatic carbocycles. The standard InChI is InChI=1S/C14H27NO2/c1-12(2)7-15-9-14(5-6-16-10-14)11-17-8-13-3-4-13/h12-13,15H,3-11H2,1-2H3. The Kier molecular flexibility index (Phi) is 4.83. The van der Waals surface area contributed by atoms with Gasteiger partial charge in [-0.25, -0.2) is 0 Å². The maximum atomic E-state index is 5.88. The molecule has 1 unspecified atom stereocenters. The fourth-order valence-electron chi connectivity index (χ4n) is 2.31. The van der Waals surface area contributed by atoms with Gasteiger partial charge >= 0.3 is 0 Å². The fourth-order valence-corrected chi connectivity index (χ4v) is 2.31. The summed E-state index contributed by atoms with van der Waals surface area (Å²) in [5.74, 6) is 1.57. The van der Waals surface area contributed by atoms with Crippen molar-refractivity contribution in [3.63, 3.8) is 0 Å². The van der Waals surface area contributed by atoms with E-state index in [-0.39, 0.29) is 5.41 Å². The van der Waals surface area contributed by atoms with Crippen LogP contribution >= 0.6 is 0 Å². The first-order valence-electron chi connectivity index (χ1n) is 7.06. The highest BCUT2D eigenvalue weighted by Crippen LogP contribution is 2.32. The Hall–Kier alpha value is -0.120. The van der Waals surface area contributed by atoms with Crippen molar-refractivity contribution >= 4 is 0 Å². The molecule has 0 aromatic heterocycles. The molecule has 2 aliphatic rings. The van der Waals surface area contributed by atoms with Gasteiger partial charge in [0.2, 0.25) is 0 Å². The lowest BCUT2D eigenvalue weighted by Gasteiger charge is -2.28. The van der Waals surface area contributed by atoms with Crippen molar-refractivity contribution < 1.29 is 9.47 Å². The molecule has 100 valence electrons. The van der Waals surface area contributed by atoms with Crippen molar-refractivity contribution in [2.24, 2.45) is 17.3 Å². The first-order valence-corrected chi connectivity index (χ1v) is 7.06. The molecule has 0 radical (unpaired) electrons. The Balaban J connectivity index is 1.68. The molecular weight excluding hydrogens is 214 g/mol. The van der Waals surface area contributed by atoms with Gasteiger partial charge in [0.05, 0.1) is 13.2 Å². The number of ether oxygens (including phenoxy) is 2. The topological polar surface area (TPSA) is 30.5 Å². The summed E-state index contributed by atoms with van der Waals surface area (Å²) in [6, 6.07) is 0. The molecule has 1 saturated heterocycles. The summed E-state index contributed by atoms with van der Waals surface area (Å²) >= 11 is 0. The number of nitrogens with one attached hydrogen (secondary N) is 1. The van der Waals surface area contributed by atoms with Crippen molar-refractivity contribution in [3.8, 4) is 0 Å². The second kappa shape index (κ2) is 6.17. The lowest BCUT2D eigenvalue weighted by molar-refractivity contribution is 0.0288. The third kappa shape index (κ3) is 4.57. The van der Waals surface area contributed by atoms with Gasteiger partial charge in [-0.3, -0.25) is 0 Å². The number of hydrogen-bond donors (Lipinski definition) is 1. The van der Waals surface area contributed by atoms with E-state index in [2.05, 4.69) is 19.2 Å². The van der Waals surface area contributed by atoms with Crippen LogP contribution in [-0.4, -0.2) is 39.5 Å². The Morgan fingerprint density at radius 1 is 1.41 bits per heavy atom. The molecule has 3 nitrogen and oxygen atoms in total. The van der Waals surface area contributed by atoms with Gasteiger partial charge < -0.3 is 14.8 Å². The molecule has 3 heteroatoms. The summed E-state index contributed by atoms with van der Waals surface area (Å²) in [4.78, 5) is 0. The normalized spacial score (nSPS) is 29.1. The van der Waals surface area contributed by atoms with Crippen molar-refractivity contribution in [1.29, 1.82) is 0 Å². The molecule has 1 aliphatic carbocycles. The zero-order valence-electron chi connectivity index (χ0n) is 11.3.